The highest BCUT2D eigenvalue weighted by molar-refractivity contribution is 8.00. The fraction of sp³-hybridized carbons (Fsp3) is 0.286. The smallest absolute Gasteiger partial charge is 0.233 e. The maximum Gasteiger partial charge on any atom is 0.233 e. The number of amides is 1. The third kappa shape index (κ3) is 5.14. The Morgan fingerprint density at radius 1 is 1.07 bits per heavy atom. The van der Waals surface area contributed by atoms with Crippen LogP contribution in [0.2, 0.25) is 5.02 Å². The van der Waals surface area contributed by atoms with Crippen molar-refractivity contribution in [1.29, 1.82) is 0 Å². The van der Waals surface area contributed by atoms with Gasteiger partial charge in [-0.05, 0) is 50.6 Å². The molecule has 1 N–H and O–H groups in total. The van der Waals surface area contributed by atoms with Crippen LogP contribution in [0.25, 0.3) is 5.69 Å². The highest BCUT2D eigenvalue weighted by atomic mass is 35.5. The van der Waals surface area contributed by atoms with Crippen LogP contribution in [0.15, 0.2) is 59.8 Å². The predicted octanol–water partition coefficient (Wildman–Crippen LogP) is 4.52. The quantitative estimate of drug-likeness (QED) is 0.577. The van der Waals surface area contributed by atoms with Crippen LogP contribution in [0.4, 0.5) is 0 Å². The molecule has 28 heavy (non-hydrogen) atoms. The monoisotopic (exact) mass is 414 g/mol. The molecule has 0 aliphatic rings. The standard InChI is InChI=1S/C21H23ClN4OS/c1-14(2)23-20(27)15(3)28-21-25-24-19(13-16-7-5-4-6-8-16)26(21)18-11-9-17(22)10-12-18/h4-12,14-15H,13H2,1-3H3,(H,23,27). The first-order valence-corrected chi connectivity index (χ1v) is 10.4. The van der Waals surface area contributed by atoms with E-state index in [0.29, 0.717) is 16.6 Å². The number of carbonyl (C=O) groups is 1. The minimum atomic E-state index is -0.290. The molecule has 0 saturated carbocycles. The van der Waals surface area contributed by atoms with Crippen LogP contribution in [-0.4, -0.2) is 32.0 Å². The summed E-state index contributed by atoms with van der Waals surface area (Å²) in [5.41, 5.74) is 2.06. The van der Waals surface area contributed by atoms with E-state index in [0.717, 1.165) is 17.1 Å². The van der Waals surface area contributed by atoms with Crippen LogP contribution in [-0.2, 0) is 11.2 Å². The Kier molecular flexibility index (Phi) is 6.75. The molecule has 146 valence electrons. The summed E-state index contributed by atoms with van der Waals surface area (Å²) in [6.07, 6.45) is 0.642. The lowest BCUT2D eigenvalue weighted by Crippen LogP contribution is -2.36. The Morgan fingerprint density at radius 2 is 1.75 bits per heavy atom. The molecule has 3 aromatic rings. The van der Waals surface area contributed by atoms with Crippen LogP contribution >= 0.6 is 23.4 Å². The van der Waals surface area contributed by atoms with E-state index in [4.69, 9.17) is 11.6 Å². The van der Waals surface area contributed by atoms with Gasteiger partial charge in [-0.25, -0.2) is 0 Å². The number of rotatable bonds is 7. The predicted molar refractivity (Wildman–Crippen MR) is 114 cm³/mol. The summed E-state index contributed by atoms with van der Waals surface area (Å²) in [7, 11) is 0. The Hall–Kier alpha value is -2.31. The third-order valence-electron chi connectivity index (χ3n) is 4.07. The molecule has 0 aliphatic heterocycles. The topological polar surface area (TPSA) is 59.8 Å². The lowest BCUT2D eigenvalue weighted by atomic mass is 10.1. The molecule has 1 aromatic heterocycles. The van der Waals surface area contributed by atoms with E-state index in [2.05, 4.69) is 27.6 Å². The first-order chi connectivity index (χ1) is 13.4. The molecule has 0 radical (unpaired) electrons. The van der Waals surface area contributed by atoms with Gasteiger partial charge in [0.15, 0.2) is 5.16 Å². The number of hydrogen-bond donors (Lipinski definition) is 1. The Morgan fingerprint density at radius 3 is 2.39 bits per heavy atom. The molecule has 5 nitrogen and oxygen atoms in total. The van der Waals surface area contributed by atoms with Gasteiger partial charge in [0.1, 0.15) is 5.82 Å². The molecule has 3 rings (SSSR count). The molecule has 1 heterocycles. The number of carbonyl (C=O) groups excluding carboxylic acids is 1. The Balaban J connectivity index is 1.93. The molecular weight excluding hydrogens is 392 g/mol. The van der Waals surface area contributed by atoms with Crippen molar-refractivity contribution in [2.24, 2.45) is 0 Å². The molecule has 0 spiro atoms. The number of nitrogens with one attached hydrogen (secondary N) is 1. The number of thioether (sulfide) groups is 1. The lowest BCUT2D eigenvalue weighted by molar-refractivity contribution is -0.120. The molecule has 2 aromatic carbocycles. The summed E-state index contributed by atoms with van der Waals surface area (Å²) in [6.45, 7) is 5.77. The minimum absolute atomic E-state index is 0.0183. The van der Waals surface area contributed by atoms with Gasteiger partial charge in [0.2, 0.25) is 5.91 Å². The maximum atomic E-state index is 12.3. The molecule has 0 saturated heterocycles. The zero-order chi connectivity index (χ0) is 20.1. The summed E-state index contributed by atoms with van der Waals surface area (Å²) in [4.78, 5) is 12.3. The van der Waals surface area contributed by atoms with Crippen LogP contribution in [0.5, 0.6) is 0 Å². The van der Waals surface area contributed by atoms with Crippen molar-refractivity contribution in [3.05, 3.63) is 71.0 Å². The largest absolute Gasteiger partial charge is 0.353 e. The van der Waals surface area contributed by atoms with E-state index in [1.54, 1.807) is 0 Å². The van der Waals surface area contributed by atoms with Crippen LogP contribution in [0.1, 0.15) is 32.2 Å². The number of aromatic nitrogens is 3. The second-order valence-corrected chi connectivity index (χ2v) is 8.54. The second-order valence-electron chi connectivity index (χ2n) is 6.80. The van der Waals surface area contributed by atoms with Crippen molar-refractivity contribution in [3.8, 4) is 5.69 Å². The summed E-state index contributed by atoms with van der Waals surface area (Å²) in [6, 6.07) is 17.8. The number of benzene rings is 2. The van der Waals surface area contributed by atoms with Gasteiger partial charge in [0.25, 0.3) is 0 Å². The third-order valence-corrected chi connectivity index (χ3v) is 5.37. The van der Waals surface area contributed by atoms with Crippen molar-refractivity contribution in [3.63, 3.8) is 0 Å². The van der Waals surface area contributed by atoms with E-state index in [9.17, 15) is 4.79 Å². The van der Waals surface area contributed by atoms with Gasteiger partial charge >= 0.3 is 0 Å². The van der Waals surface area contributed by atoms with Gasteiger partial charge in [-0.3, -0.25) is 9.36 Å². The number of halogens is 1. The number of hydrogen-bond acceptors (Lipinski definition) is 4. The summed E-state index contributed by atoms with van der Waals surface area (Å²) in [5, 5.41) is 12.8. The van der Waals surface area contributed by atoms with Gasteiger partial charge < -0.3 is 5.32 Å². The lowest BCUT2D eigenvalue weighted by Gasteiger charge is -2.15. The first kappa shape index (κ1) is 20.4. The molecule has 7 heteroatoms. The molecule has 0 aliphatic carbocycles. The van der Waals surface area contributed by atoms with Gasteiger partial charge in [0.05, 0.1) is 5.25 Å². The second kappa shape index (κ2) is 9.26. The van der Waals surface area contributed by atoms with Crippen LogP contribution in [0.3, 0.4) is 0 Å². The highest BCUT2D eigenvalue weighted by Crippen LogP contribution is 2.27. The summed E-state index contributed by atoms with van der Waals surface area (Å²) < 4.78 is 1.99. The van der Waals surface area contributed by atoms with E-state index in [1.165, 1.54) is 11.8 Å². The minimum Gasteiger partial charge on any atom is -0.353 e. The maximum absolute atomic E-state index is 12.3. The van der Waals surface area contributed by atoms with Crippen LogP contribution in [0, 0.1) is 0 Å². The Labute approximate surface area is 174 Å². The SMILES string of the molecule is CC(C)NC(=O)C(C)Sc1nnc(Cc2ccccc2)n1-c1ccc(Cl)cc1. The molecule has 1 unspecified atom stereocenters. The summed E-state index contributed by atoms with van der Waals surface area (Å²) in [5.74, 6) is 0.794. The average Bonchev–Trinajstić information content (AvgIpc) is 3.04. The zero-order valence-electron chi connectivity index (χ0n) is 16.1. The molecule has 1 atom stereocenters. The van der Waals surface area contributed by atoms with Crippen molar-refractivity contribution in [2.45, 2.75) is 43.6 Å². The molecule has 1 amide bonds. The fourth-order valence-corrected chi connectivity index (χ4v) is 3.75. The van der Waals surface area contributed by atoms with Crippen molar-refractivity contribution in [1.82, 2.24) is 20.1 Å². The van der Waals surface area contributed by atoms with Crippen molar-refractivity contribution >= 4 is 29.3 Å². The normalized spacial score (nSPS) is 12.2. The van der Waals surface area contributed by atoms with Crippen LogP contribution < -0.4 is 5.32 Å². The van der Waals surface area contributed by atoms with Gasteiger partial charge in [-0.15, -0.1) is 10.2 Å². The van der Waals surface area contributed by atoms with Gasteiger partial charge in [-0.2, -0.15) is 0 Å². The van der Waals surface area contributed by atoms with Gasteiger partial charge in [-0.1, -0.05) is 53.7 Å². The molecular formula is C21H23ClN4OS. The summed E-state index contributed by atoms with van der Waals surface area (Å²) >= 11 is 7.45. The molecule has 0 bridgehead atoms. The van der Waals surface area contributed by atoms with E-state index < -0.39 is 0 Å². The van der Waals surface area contributed by atoms with E-state index in [1.807, 2.05) is 67.8 Å². The van der Waals surface area contributed by atoms with E-state index in [-0.39, 0.29) is 17.2 Å². The van der Waals surface area contributed by atoms with E-state index >= 15 is 0 Å². The zero-order valence-corrected chi connectivity index (χ0v) is 17.7. The fourth-order valence-electron chi connectivity index (χ4n) is 2.73. The number of nitrogens with zero attached hydrogens (tertiary/aromatic N) is 3. The first-order valence-electron chi connectivity index (χ1n) is 9.15. The van der Waals surface area contributed by atoms with Gasteiger partial charge in [0, 0.05) is 23.2 Å². The van der Waals surface area contributed by atoms with Crippen molar-refractivity contribution in [2.75, 3.05) is 0 Å². The van der Waals surface area contributed by atoms with Crippen molar-refractivity contribution < 1.29 is 4.79 Å². The Bertz CT molecular complexity index is 925. The highest BCUT2D eigenvalue weighted by Gasteiger charge is 2.21. The molecule has 0 fully saturated rings. The average molecular weight is 415 g/mol.